The van der Waals surface area contributed by atoms with Gasteiger partial charge >= 0.3 is 5.97 Å². The van der Waals surface area contributed by atoms with E-state index in [0.717, 1.165) is 47.0 Å². The van der Waals surface area contributed by atoms with Crippen molar-refractivity contribution in [2.24, 2.45) is 11.8 Å². The highest BCUT2D eigenvalue weighted by Gasteiger charge is 2.32. The Hall–Kier alpha value is -3.32. The smallest absolute Gasteiger partial charge is 0.308 e. The van der Waals surface area contributed by atoms with Crippen LogP contribution >= 0.6 is 0 Å². The highest BCUT2D eigenvalue weighted by Crippen LogP contribution is 2.26. The Morgan fingerprint density at radius 3 is 2.75 bits per heavy atom. The molecule has 2 N–H and O–H groups in total. The molecule has 1 aromatic heterocycles. The van der Waals surface area contributed by atoms with Crippen LogP contribution in [0.25, 0.3) is 11.5 Å². The molecule has 0 bridgehead atoms. The van der Waals surface area contributed by atoms with Gasteiger partial charge in [0.2, 0.25) is 5.89 Å². The molecule has 3 aromatic rings. The van der Waals surface area contributed by atoms with Gasteiger partial charge in [-0.15, -0.1) is 0 Å². The number of hydrogen-bond acceptors (Lipinski definition) is 6. The van der Waals surface area contributed by atoms with Gasteiger partial charge in [-0.25, -0.2) is 4.98 Å². The first-order valence-corrected chi connectivity index (χ1v) is 10.8. The van der Waals surface area contributed by atoms with E-state index in [-0.39, 0.29) is 11.8 Å². The number of carboxylic acids is 1. The second-order valence-electron chi connectivity index (χ2n) is 8.06. The largest absolute Gasteiger partial charge is 0.497 e. The zero-order valence-electron chi connectivity index (χ0n) is 18.3. The summed E-state index contributed by atoms with van der Waals surface area (Å²) in [6, 6.07) is 15.5. The predicted molar refractivity (Wildman–Crippen MR) is 120 cm³/mol. The van der Waals surface area contributed by atoms with Crippen molar-refractivity contribution in [2.75, 3.05) is 26.8 Å². The maximum absolute atomic E-state index is 11.3. The molecule has 1 aliphatic heterocycles. The van der Waals surface area contributed by atoms with Crippen LogP contribution in [0.2, 0.25) is 0 Å². The van der Waals surface area contributed by atoms with Gasteiger partial charge in [0.1, 0.15) is 17.3 Å². The second kappa shape index (κ2) is 9.87. The fraction of sp³-hybridized carbons (Fsp3) is 0.360. The van der Waals surface area contributed by atoms with Gasteiger partial charge in [-0.2, -0.15) is 0 Å². The summed E-state index contributed by atoms with van der Waals surface area (Å²) in [6.07, 6.45) is 1.38. The Labute approximate surface area is 187 Å². The number of nitrogens with zero attached hydrogens (tertiary/aromatic N) is 1. The molecule has 0 amide bonds. The molecular weight excluding hydrogens is 408 g/mol. The number of benzene rings is 2. The molecule has 2 aromatic carbocycles. The molecule has 0 unspecified atom stereocenters. The third-order valence-corrected chi connectivity index (χ3v) is 5.90. The number of carbonyl (C=O) groups is 1. The lowest BCUT2D eigenvalue weighted by atomic mass is 9.90. The average Bonchev–Trinajstić information content (AvgIpc) is 3.42. The van der Waals surface area contributed by atoms with E-state index in [1.54, 1.807) is 7.11 Å². The van der Waals surface area contributed by atoms with Gasteiger partial charge in [0, 0.05) is 18.5 Å². The molecule has 0 spiro atoms. The molecule has 1 saturated heterocycles. The van der Waals surface area contributed by atoms with Gasteiger partial charge in [-0.05, 0) is 61.7 Å². The summed E-state index contributed by atoms with van der Waals surface area (Å²) in [5.74, 6) is 1.96. The van der Waals surface area contributed by atoms with E-state index >= 15 is 0 Å². The molecular formula is C25H28N2O5. The van der Waals surface area contributed by atoms with Crippen LogP contribution in [0, 0.1) is 18.8 Å². The second-order valence-corrected chi connectivity index (χ2v) is 8.06. The maximum atomic E-state index is 11.3. The quantitative estimate of drug-likeness (QED) is 0.528. The zero-order chi connectivity index (χ0) is 22.5. The van der Waals surface area contributed by atoms with Crippen LogP contribution in [-0.4, -0.2) is 42.9 Å². The predicted octanol–water partition coefficient (Wildman–Crippen LogP) is 3.74. The maximum Gasteiger partial charge on any atom is 0.308 e. The fourth-order valence-corrected chi connectivity index (χ4v) is 4.07. The van der Waals surface area contributed by atoms with Crippen LogP contribution in [0.15, 0.2) is 52.9 Å². The van der Waals surface area contributed by atoms with E-state index < -0.39 is 5.97 Å². The number of carboxylic acid groups (broad SMARTS) is 1. The van der Waals surface area contributed by atoms with Crippen molar-refractivity contribution in [1.82, 2.24) is 10.3 Å². The molecule has 32 heavy (non-hydrogen) atoms. The number of ether oxygens (including phenoxy) is 2. The Bertz CT molecular complexity index is 1060. The highest BCUT2D eigenvalue weighted by molar-refractivity contribution is 5.71. The lowest BCUT2D eigenvalue weighted by Crippen LogP contribution is -2.23. The summed E-state index contributed by atoms with van der Waals surface area (Å²) in [5, 5.41) is 12.5. The van der Waals surface area contributed by atoms with Gasteiger partial charge in [0.25, 0.3) is 0 Å². The first-order chi connectivity index (χ1) is 15.5. The van der Waals surface area contributed by atoms with Crippen LogP contribution in [-0.2, 0) is 17.6 Å². The SMILES string of the molecule is COc1cccc(-c2nc(CCOc3ccc(C[C@H]4CNC[C@H]4C(=O)O)cc3)c(C)o2)c1. The van der Waals surface area contributed by atoms with E-state index in [4.69, 9.17) is 13.9 Å². The molecule has 0 aliphatic carbocycles. The Morgan fingerprint density at radius 2 is 2.00 bits per heavy atom. The third-order valence-electron chi connectivity index (χ3n) is 5.90. The monoisotopic (exact) mass is 436 g/mol. The molecule has 7 heteroatoms. The fourth-order valence-electron chi connectivity index (χ4n) is 4.07. The van der Waals surface area contributed by atoms with Crippen molar-refractivity contribution in [1.29, 1.82) is 0 Å². The first kappa shape index (κ1) is 21.9. The topological polar surface area (TPSA) is 93.8 Å². The van der Waals surface area contributed by atoms with E-state index in [9.17, 15) is 9.90 Å². The normalized spacial score (nSPS) is 17.9. The van der Waals surface area contributed by atoms with E-state index in [1.165, 1.54) is 0 Å². The third kappa shape index (κ3) is 5.11. The highest BCUT2D eigenvalue weighted by atomic mass is 16.5. The van der Waals surface area contributed by atoms with Crippen LogP contribution in [0.5, 0.6) is 11.5 Å². The molecule has 168 valence electrons. The van der Waals surface area contributed by atoms with Crippen molar-refractivity contribution < 1.29 is 23.8 Å². The molecule has 2 atom stereocenters. The van der Waals surface area contributed by atoms with Crippen molar-refractivity contribution in [3.05, 3.63) is 65.5 Å². The summed E-state index contributed by atoms with van der Waals surface area (Å²) < 4.78 is 17.0. The van der Waals surface area contributed by atoms with Gasteiger partial charge in [-0.1, -0.05) is 18.2 Å². The molecule has 2 heterocycles. The number of aliphatic carboxylic acids is 1. The van der Waals surface area contributed by atoms with Crippen LogP contribution in [0.4, 0.5) is 0 Å². The number of aromatic nitrogens is 1. The average molecular weight is 437 g/mol. The minimum atomic E-state index is -0.724. The molecule has 1 fully saturated rings. The number of nitrogens with one attached hydrogen (secondary N) is 1. The lowest BCUT2D eigenvalue weighted by molar-refractivity contribution is -0.142. The molecule has 0 saturated carbocycles. The number of hydrogen-bond donors (Lipinski definition) is 2. The number of oxazole rings is 1. The Morgan fingerprint density at radius 1 is 1.19 bits per heavy atom. The van der Waals surface area contributed by atoms with E-state index in [0.29, 0.717) is 25.5 Å². The zero-order valence-corrected chi connectivity index (χ0v) is 18.3. The Balaban J connectivity index is 1.31. The Kier molecular flexibility index (Phi) is 6.75. The minimum Gasteiger partial charge on any atom is -0.497 e. The van der Waals surface area contributed by atoms with Crippen molar-refractivity contribution in [2.45, 2.75) is 19.8 Å². The standard InChI is InChI=1S/C25H28N2O5/c1-16-23(27-24(32-16)18-4-3-5-21(13-18)30-2)10-11-31-20-8-6-17(7-9-20)12-19-14-26-15-22(19)25(28)29/h3-9,13,19,22,26H,10-12,14-15H2,1-2H3,(H,28,29)/t19-,22+/m0/s1. The van der Waals surface area contributed by atoms with Crippen LogP contribution in [0.1, 0.15) is 17.0 Å². The van der Waals surface area contributed by atoms with E-state index in [2.05, 4.69) is 10.3 Å². The summed E-state index contributed by atoms with van der Waals surface area (Å²) in [7, 11) is 1.63. The molecule has 0 radical (unpaired) electrons. The van der Waals surface area contributed by atoms with E-state index in [1.807, 2.05) is 55.5 Å². The van der Waals surface area contributed by atoms with Crippen molar-refractivity contribution in [3.63, 3.8) is 0 Å². The molecule has 7 nitrogen and oxygen atoms in total. The van der Waals surface area contributed by atoms with Crippen LogP contribution in [0.3, 0.4) is 0 Å². The molecule has 4 rings (SSSR count). The van der Waals surface area contributed by atoms with Gasteiger partial charge in [0.05, 0.1) is 25.3 Å². The van der Waals surface area contributed by atoms with Crippen molar-refractivity contribution >= 4 is 5.97 Å². The van der Waals surface area contributed by atoms with Gasteiger partial charge < -0.3 is 24.3 Å². The summed E-state index contributed by atoms with van der Waals surface area (Å²) >= 11 is 0. The van der Waals surface area contributed by atoms with Gasteiger partial charge in [0.15, 0.2) is 0 Å². The van der Waals surface area contributed by atoms with Crippen LogP contribution < -0.4 is 14.8 Å². The summed E-state index contributed by atoms with van der Waals surface area (Å²) in [6.45, 7) is 3.67. The minimum absolute atomic E-state index is 0.119. The molecule has 1 aliphatic rings. The van der Waals surface area contributed by atoms with Gasteiger partial charge in [-0.3, -0.25) is 4.79 Å². The number of methoxy groups -OCH3 is 1. The summed E-state index contributed by atoms with van der Waals surface area (Å²) in [5.41, 5.74) is 2.86. The summed E-state index contributed by atoms with van der Waals surface area (Å²) in [4.78, 5) is 16.0. The van der Waals surface area contributed by atoms with Crippen molar-refractivity contribution in [3.8, 4) is 23.0 Å². The number of rotatable bonds is 9. The first-order valence-electron chi connectivity index (χ1n) is 10.8. The lowest BCUT2D eigenvalue weighted by Gasteiger charge is -2.14. The number of aryl methyl sites for hydroxylation is 1.